The Morgan fingerprint density at radius 2 is 2.13 bits per heavy atom. The molecular formula is C15H18N4O4. The number of ether oxygens (including phenoxy) is 1. The van der Waals surface area contributed by atoms with Gasteiger partial charge in [-0.2, -0.15) is 4.68 Å². The van der Waals surface area contributed by atoms with Crippen molar-refractivity contribution in [1.82, 2.24) is 15.1 Å². The van der Waals surface area contributed by atoms with Crippen molar-refractivity contribution in [2.75, 3.05) is 0 Å². The molecule has 2 aromatic rings. The number of hydrogen-bond acceptors (Lipinski definition) is 5. The highest BCUT2D eigenvalue weighted by atomic mass is 16.6. The van der Waals surface area contributed by atoms with E-state index in [0.717, 1.165) is 5.56 Å². The van der Waals surface area contributed by atoms with Crippen molar-refractivity contribution in [3.8, 4) is 5.75 Å². The molecule has 1 N–H and O–H groups in total. The second kappa shape index (κ2) is 6.47. The molecule has 0 saturated heterocycles. The van der Waals surface area contributed by atoms with E-state index < -0.39 is 11.0 Å². The molecule has 0 spiro atoms. The Kier molecular flexibility index (Phi) is 4.63. The van der Waals surface area contributed by atoms with Crippen molar-refractivity contribution in [3.05, 3.63) is 52.2 Å². The largest absolute Gasteiger partial charge is 0.413 e. The van der Waals surface area contributed by atoms with E-state index in [1.54, 1.807) is 18.2 Å². The van der Waals surface area contributed by atoms with Gasteiger partial charge in [-0.25, -0.2) is 4.79 Å². The summed E-state index contributed by atoms with van der Waals surface area (Å²) in [7, 11) is 0. The SMILES string of the molecule is CC(C)(C)NC(=O)Oc1cccc(Cn2ccc([N+](=O)[O-])n2)c1. The van der Waals surface area contributed by atoms with Gasteiger partial charge in [0.05, 0.1) is 23.9 Å². The summed E-state index contributed by atoms with van der Waals surface area (Å²) in [4.78, 5) is 21.8. The molecule has 1 amide bonds. The fourth-order valence-electron chi connectivity index (χ4n) is 1.87. The number of carbonyl (C=O) groups is 1. The molecule has 0 aliphatic carbocycles. The molecule has 0 aliphatic heterocycles. The predicted octanol–water partition coefficient (Wildman–Crippen LogP) is 2.73. The van der Waals surface area contributed by atoms with Gasteiger partial charge in [0, 0.05) is 5.54 Å². The molecule has 0 atom stereocenters. The van der Waals surface area contributed by atoms with Crippen LogP contribution in [0.5, 0.6) is 5.75 Å². The fraction of sp³-hybridized carbons (Fsp3) is 0.333. The van der Waals surface area contributed by atoms with Gasteiger partial charge in [-0.1, -0.05) is 12.1 Å². The molecule has 1 heterocycles. The standard InChI is InChI=1S/C15H18N4O4/c1-15(2,3)16-14(20)23-12-6-4-5-11(9-12)10-18-8-7-13(17-18)19(21)22/h4-9H,10H2,1-3H3,(H,16,20). The van der Waals surface area contributed by atoms with Gasteiger partial charge < -0.3 is 20.2 Å². The molecule has 0 saturated carbocycles. The van der Waals surface area contributed by atoms with Crippen LogP contribution >= 0.6 is 0 Å². The maximum atomic E-state index is 11.8. The number of aromatic nitrogens is 2. The summed E-state index contributed by atoms with van der Waals surface area (Å²) >= 11 is 0. The summed E-state index contributed by atoms with van der Waals surface area (Å²) in [5, 5.41) is 17.2. The second-order valence-corrected chi connectivity index (χ2v) is 6.04. The topological polar surface area (TPSA) is 99.3 Å². The van der Waals surface area contributed by atoms with E-state index in [9.17, 15) is 14.9 Å². The minimum atomic E-state index is -0.549. The molecule has 0 radical (unpaired) electrons. The summed E-state index contributed by atoms with van der Waals surface area (Å²) in [6.45, 7) is 5.91. The number of nitrogens with one attached hydrogen (secondary N) is 1. The smallest absolute Gasteiger partial charge is 0.410 e. The third-order valence-electron chi connectivity index (χ3n) is 2.74. The number of hydrogen-bond donors (Lipinski definition) is 1. The first-order valence-electron chi connectivity index (χ1n) is 7.00. The first-order valence-corrected chi connectivity index (χ1v) is 7.00. The molecule has 122 valence electrons. The van der Waals surface area contributed by atoms with E-state index in [1.807, 2.05) is 26.8 Å². The Morgan fingerprint density at radius 3 is 2.74 bits per heavy atom. The van der Waals surface area contributed by atoms with Crippen LogP contribution in [0.1, 0.15) is 26.3 Å². The van der Waals surface area contributed by atoms with E-state index in [-0.39, 0.29) is 11.4 Å². The molecular weight excluding hydrogens is 300 g/mol. The number of amides is 1. The summed E-state index contributed by atoms with van der Waals surface area (Å²) in [6, 6.07) is 8.25. The molecule has 2 rings (SSSR count). The first kappa shape index (κ1) is 16.5. The number of rotatable bonds is 4. The Balaban J connectivity index is 2.04. The Bertz CT molecular complexity index is 718. The number of nitro groups is 1. The molecule has 1 aromatic heterocycles. The van der Waals surface area contributed by atoms with E-state index in [4.69, 9.17) is 4.74 Å². The lowest BCUT2D eigenvalue weighted by Crippen LogP contribution is -2.42. The van der Waals surface area contributed by atoms with Gasteiger partial charge >= 0.3 is 11.9 Å². The predicted molar refractivity (Wildman–Crippen MR) is 83.3 cm³/mol. The third kappa shape index (κ3) is 5.10. The van der Waals surface area contributed by atoms with Crippen LogP contribution in [0.15, 0.2) is 36.5 Å². The molecule has 0 unspecified atom stereocenters. The Morgan fingerprint density at radius 1 is 1.39 bits per heavy atom. The minimum absolute atomic E-state index is 0.207. The van der Waals surface area contributed by atoms with E-state index >= 15 is 0 Å². The summed E-state index contributed by atoms with van der Waals surface area (Å²) in [5.74, 6) is 0.188. The number of nitrogens with zero attached hydrogens (tertiary/aromatic N) is 3. The van der Waals surface area contributed by atoms with E-state index in [2.05, 4.69) is 10.4 Å². The van der Waals surface area contributed by atoms with Crippen LogP contribution in [0, 0.1) is 10.1 Å². The van der Waals surface area contributed by atoms with E-state index in [1.165, 1.54) is 16.9 Å². The van der Waals surface area contributed by atoms with Gasteiger partial charge in [0.15, 0.2) is 0 Å². The average Bonchev–Trinajstić information content (AvgIpc) is 2.85. The molecule has 8 nitrogen and oxygen atoms in total. The van der Waals surface area contributed by atoms with Crippen LogP contribution in [0.3, 0.4) is 0 Å². The van der Waals surface area contributed by atoms with E-state index in [0.29, 0.717) is 12.3 Å². The van der Waals surface area contributed by atoms with Crippen LogP contribution in [-0.2, 0) is 6.54 Å². The highest BCUT2D eigenvalue weighted by Gasteiger charge is 2.15. The quantitative estimate of drug-likeness (QED) is 0.690. The highest BCUT2D eigenvalue weighted by molar-refractivity contribution is 5.71. The van der Waals surface area contributed by atoms with Gasteiger partial charge in [0.2, 0.25) is 0 Å². The van der Waals surface area contributed by atoms with Crippen LogP contribution in [0.25, 0.3) is 0 Å². The summed E-state index contributed by atoms with van der Waals surface area (Å²) in [6.07, 6.45) is 0.988. The minimum Gasteiger partial charge on any atom is -0.410 e. The molecule has 0 bridgehead atoms. The highest BCUT2D eigenvalue weighted by Crippen LogP contribution is 2.16. The van der Waals surface area contributed by atoms with Crippen molar-refractivity contribution in [1.29, 1.82) is 0 Å². The maximum absolute atomic E-state index is 11.8. The monoisotopic (exact) mass is 318 g/mol. The first-order chi connectivity index (χ1) is 10.7. The number of carbonyl (C=O) groups excluding carboxylic acids is 1. The van der Waals surface area contributed by atoms with Crippen LogP contribution in [-0.4, -0.2) is 26.3 Å². The molecule has 0 fully saturated rings. The van der Waals surface area contributed by atoms with Gasteiger partial charge in [-0.05, 0) is 43.4 Å². The van der Waals surface area contributed by atoms with Crippen molar-refractivity contribution in [2.45, 2.75) is 32.9 Å². The molecule has 8 heteroatoms. The average molecular weight is 318 g/mol. The van der Waals surface area contributed by atoms with Crippen molar-refractivity contribution in [3.63, 3.8) is 0 Å². The zero-order valence-electron chi connectivity index (χ0n) is 13.1. The van der Waals surface area contributed by atoms with Gasteiger partial charge in [-0.15, -0.1) is 0 Å². The summed E-state index contributed by atoms with van der Waals surface area (Å²) in [5.41, 5.74) is 0.423. The Hall–Kier alpha value is -2.90. The molecule has 1 aromatic carbocycles. The molecule has 0 aliphatic rings. The third-order valence-corrected chi connectivity index (χ3v) is 2.74. The maximum Gasteiger partial charge on any atom is 0.413 e. The Labute approximate surface area is 133 Å². The van der Waals surface area contributed by atoms with Crippen molar-refractivity contribution >= 4 is 11.9 Å². The van der Waals surface area contributed by atoms with Crippen LogP contribution in [0.4, 0.5) is 10.6 Å². The zero-order valence-corrected chi connectivity index (χ0v) is 13.1. The van der Waals surface area contributed by atoms with Crippen molar-refractivity contribution in [2.24, 2.45) is 0 Å². The normalized spacial score (nSPS) is 11.1. The zero-order chi connectivity index (χ0) is 17.0. The van der Waals surface area contributed by atoms with Crippen LogP contribution in [0.2, 0.25) is 0 Å². The fourth-order valence-corrected chi connectivity index (χ4v) is 1.87. The van der Waals surface area contributed by atoms with Crippen LogP contribution < -0.4 is 10.1 Å². The lowest BCUT2D eigenvalue weighted by molar-refractivity contribution is -0.389. The summed E-state index contributed by atoms with van der Waals surface area (Å²) < 4.78 is 6.68. The van der Waals surface area contributed by atoms with Gasteiger partial charge in [-0.3, -0.25) is 0 Å². The van der Waals surface area contributed by atoms with Gasteiger partial charge in [0.25, 0.3) is 0 Å². The molecule has 23 heavy (non-hydrogen) atoms. The second-order valence-electron chi connectivity index (χ2n) is 6.04. The van der Waals surface area contributed by atoms with Crippen molar-refractivity contribution < 1.29 is 14.5 Å². The lowest BCUT2D eigenvalue weighted by atomic mass is 10.1. The lowest BCUT2D eigenvalue weighted by Gasteiger charge is -2.19. The number of benzene rings is 1. The van der Waals surface area contributed by atoms with Gasteiger partial charge in [0.1, 0.15) is 5.75 Å².